The summed E-state index contributed by atoms with van der Waals surface area (Å²) in [4.78, 5) is 23.6. The first-order valence-corrected chi connectivity index (χ1v) is 6.69. The molecule has 3 aromatic rings. The van der Waals surface area contributed by atoms with Crippen LogP contribution in [-0.4, -0.2) is 42.6 Å². The minimum atomic E-state index is -1.15. The summed E-state index contributed by atoms with van der Waals surface area (Å²) < 4.78 is 7.50. The fourth-order valence-corrected chi connectivity index (χ4v) is 2.33. The first kappa shape index (κ1) is 14.7. The van der Waals surface area contributed by atoms with E-state index in [9.17, 15) is 9.59 Å². The van der Waals surface area contributed by atoms with Crippen molar-refractivity contribution in [1.29, 1.82) is 0 Å². The molecule has 118 valence electrons. The number of rotatable bonds is 4. The molecule has 0 radical (unpaired) electrons. The highest BCUT2D eigenvalue weighted by Crippen LogP contribution is 2.23. The fraction of sp³-hybridized carbons (Fsp3) is 0.214. The molecule has 2 heterocycles. The van der Waals surface area contributed by atoms with Crippen LogP contribution < -0.4 is 10.3 Å². The van der Waals surface area contributed by atoms with Gasteiger partial charge >= 0.3 is 5.97 Å². The van der Waals surface area contributed by atoms with Crippen LogP contribution in [0.15, 0.2) is 29.3 Å². The van der Waals surface area contributed by atoms with Gasteiger partial charge in [-0.1, -0.05) is 0 Å². The molecule has 0 amide bonds. The quantitative estimate of drug-likeness (QED) is 0.739. The summed E-state index contributed by atoms with van der Waals surface area (Å²) in [6.45, 7) is 1.32. The van der Waals surface area contributed by atoms with Gasteiger partial charge in [-0.2, -0.15) is 9.61 Å². The van der Waals surface area contributed by atoms with Gasteiger partial charge in [-0.15, -0.1) is 10.2 Å². The second-order valence-electron chi connectivity index (χ2n) is 4.89. The van der Waals surface area contributed by atoms with E-state index in [1.54, 1.807) is 25.3 Å². The van der Waals surface area contributed by atoms with Gasteiger partial charge in [0.25, 0.3) is 11.3 Å². The lowest BCUT2D eigenvalue weighted by atomic mass is 10.1. The number of benzene rings is 1. The Morgan fingerprint density at radius 3 is 2.83 bits per heavy atom. The van der Waals surface area contributed by atoms with Crippen molar-refractivity contribution in [2.24, 2.45) is 0 Å². The van der Waals surface area contributed by atoms with Gasteiger partial charge in [0.05, 0.1) is 7.11 Å². The van der Waals surface area contributed by atoms with Crippen LogP contribution in [0.3, 0.4) is 0 Å². The number of aryl methyl sites for hydroxylation is 1. The molecule has 0 aliphatic heterocycles. The number of hydrogen-bond donors (Lipinski definition) is 1. The molecule has 1 N–H and O–H groups in total. The van der Waals surface area contributed by atoms with E-state index in [1.165, 1.54) is 10.8 Å². The van der Waals surface area contributed by atoms with E-state index >= 15 is 0 Å². The number of carboxylic acids is 1. The monoisotopic (exact) mass is 315 g/mol. The zero-order valence-electron chi connectivity index (χ0n) is 12.4. The average Bonchev–Trinajstić information content (AvgIpc) is 2.97. The van der Waals surface area contributed by atoms with E-state index in [4.69, 9.17) is 9.84 Å². The van der Waals surface area contributed by atoms with Gasteiger partial charge < -0.3 is 9.84 Å². The highest BCUT2D eigenvalue weighted by molar-refractivity contribution is 5.68. The molecule has 0 atom stereocenters. The first-order valence-electron chi connectivity index (χ1n) is 6.69. The third kappa shape index (κ3) is 2.52. The van der Waals surface area contributed by atoms with E-state index in [2.05, 4.69) is 15.3 Å². The van der Waals surface area contributed by atoms with Crippen LogP contribution >= 0.6 is 0 Å². The van der Waals surface area contributed by atoms with Crippen molar-refractivity contribution in [1.82, 2.24) is 24.4 Å². The summed E-state index contributed by atoms with van der Waals surface area (Å²) >= 11 is 0. The Labute approximate surface area is 129 Å². The molecule has 0 fully saturated rings. The van der Waals surface area contributed by atoms with Crippen LogP contribution in [0, 0.1) is 6.92 Å². The van der Waals surface area contributed by atoms with Gasteiger partial charge in [0.15, 0.2) is 5.69 Å². The van der Waals surface area contributed by atoms with E-state index in [-0.39, 0.29) is 11.5 Å². The molecule has 0 unspecified atom stereocenters. The zero-order valence-corrected chi connectivity index (χ0v) is 12.4. The van der Waals surface area contributed by atoms with Crippen LogP contribution in [0.1, 0.15) is 5.56 Å². The molecule has 2 aromatic heterocycles. The van der Waals surface area contributed by atoms with Crippen molar-refractivity contribution in [3.8, 4) is 17.0 Å². The largest absolute Gasteiger partial charge is 0.496 e. The first-order chi connectivity index (χ1) is 11.0. The van der Waals surface area contributed by atoms with Crippen LogP contribution in [0.2, 0.25) is 0 Å². The highest BCUT2D eigenvalue weighted by atomic mass is 16.5. The van der Waals surface area contributed by atoms with Crippen LogP contribution in [0.25, 0.3) is 17.0 Å². The molecule has 9 heteroatoms. The average molecular weight is 315 g/mol. The Morgan fingerprint density at radius 2 is 2.17 bits per heavy atom. The Balaban J connectivity index is 2.25. The van der Waals surface area contributed by atoms with E-state index in [1.807, 2.05) is 6.92 Å². The molecule has 0 saturated heterocycles. The number of aromatic nitrogens is 5. The minimum absolute atomic E-state index is 0.0754. The van der Waals surface area contributed by atoms with Crippen molar-refractivity contribution >= 4 is 11.7 Å². The Bertz CT molecular complexity index is 959. The zero-order chi connectivity index (χ0) is 16.6. The van der Waals surface area contributed by atoms with Crippen molar-refractivity contribution in [2.45, 2.75) is 13.5 Å². The Morgan fingerprint density at radius 1 is 1.39 bits per heavy atom. The third-order valence-electron chi connectivity index (χ3n) is 3.37. The minimum Gasteiger partial charge on any atom is -0.496 e. The van der Waals surface area contributed by atoms with Crippen molar-refractivity contribution in [3.63, 3.8) is 0 Å². The second kappa shape index (κ2) is 5.52. The van der Waals surface area contributed by atoms with Gasteiger partial charge in [-0.25, -0.2) is 0 Å². The van der Waals surface area contributed by atoms with Crippen LogP contribution in [0.4, 0.5) is 0 Å². The summed E-state index contributed by atoms with van der Waals surface area (Å²) in [5.74, 6) is -0.392. The van der Waals surface area contributed by atoms with Gasteiger partial charge in [-0.3, -0.25) is 14.2 Å². The number of ether oxygens (including phenoxy) is 1. The van der Waals surface area contributed by atoms with Gasteiger partial charge in [0.1, 0.15) is 18.6 Å². The summed E-state index contributed by atoms with van der Waals surface area (Å²) in [6.07, 6.45) is 1.31. The molecule has 0 aliphatic rings. The maximum absolute atomic E-state index is 12.6. The maximum atomic E-state index is 12.6. The number of carboxylic acid groups (broad SMARTS) is 1. The Hall–Kier alpha value is -3.23. The molecule has 0 spiro atoms. The standard InChI is InChI=1S/C14H13N5O4/c1-8-5-9(3-4-10(8)23-2)12-13(22)18(6-11(20)21)14-16-15-7-19(14)17-12/h3-5,7H,6H2,1-2H3,(H,20,21). The maximum Gasteiger partial charge on any atom is 0.323 e. The predicted molar refractivity (Wildman–Crippen MR) is 79.4 cm³/mol. The number of methoxy groups -OCH3 is 1. The number of hydrogen-bond acceptors (Lipinski definition) is 6. The number of carbonyl (C=O) groups is 1. The smallest absolute Gasteiger partial charge is 0.323 e. The van der Waals surface area contributed by atoms with E-state index in [0.717, 1.165) is 10.1 Å². The molecule has 3 rings (SSSR count). The van der Waals surface area contributed by atoms with Crippen molar-refractivity contribution in [3.05, 3.63) is 40.4 Å². The molecular formula is C14H13N5O4. The lowest BCUT2D eigenvalue weighted by Gasteiger charge is -2.09. The SMILES string of the molecule is COc1ccc(-c2nn3cnnc3n(CC(=O)O)c2=O)cc1C. The molecular weight excluding hydrogens is 302 g/mol. The van der Waals surface area contributed by atoms with Gasteiger partial charge in [-0.05, 0) is 30.7 Å². The molecule has 0 bridgehead atoms. The molecule has 9 nitrogen and oxygen atoms in total. The molecule has 23 heavy (non-hydrogen) atoms. The number of fused-ring (bicyclic) bond motifs is 1. The fourth-order valence-electron chi connectivity index (χ4n) is 2.33. The lowest BCUT2D eigenvalue weighted by Crippen LogP contribution is -2.29. The second-order valence-corrected chi connectivity index (χ2v) is 4.89. The third-order valence-corrected chi connectivity index (χ3v) is 3.37. The lowest BCUT2D eigenvalue weighted by molar-refractivity contribution is -0.137. The van der Waals surface area contributed by atoms with Crippen molar-refractivity contribution < 1.29 is 14.6 Å². The molecule has 1 aromatic carbocycles. The van der Waals surface area contributed by atoms with Gasteiger partial charge in [0, 0.05) is 5.56 Å². The van der Waals surface area contributed by atoms with Crippen LogP contribution in [-0.2, 0) is 11.3 Å². The summed E-state index contributed by atoms with van der Waals surface area (Å²) in [7, 11) is 1.56. The molecule has 0 aliphatic carbocycles. The summed E-state index contributed by atoms with van der Waals surface area (Å²) in [5.41, 5.74) is 0.963. The number of nitrogens with zero attached hydrogens (tertiary/aromatic N) is 5. The normalized spacial score (nSPS) is 10.9. The summed E-state index contributed by atoms with van der Waals surface area (Å²) in [6, 6.07) is 5.17. The Kier molecular flexibility index (Phi) is 3.53. The van der Waals surface area contributed by atoms with Gasteiger partial charge in [0.2, 0.25) is 0 Å². The summed E-state index contributed by atoms with van der Waals surface area (Å²) in [5, 5.41) is 20.6. The highest BCUT2D eigenvalue weighted by Gasteiger charge is 2.17. The molecule has 0 saturated carbocycles. The van der Waals surface area contributed by atoms with Crippen molar-refractivity contribution in [2.75, 3.05) is 7.11 Å². The number of aliphatic carboxylic acids is 1. The topological polar surface area (TPSA) is 112 Å². The van der Waals surface area contributed by atoms with Crippen LogP contribution in [0.5, 0.6) is 5.75 Å². The predicted octanol–water partition coefficient (Wildman–Crippen LogP) is 0.355. The van der Waals surface area contributed by atoms with E-state index < -0.39 is 18.1 Å². The van der Waals surface area contributed by atoms with E-state index in [0.29, 0.717) is 11.3 Å².